The molecule has 6 heteroatoms. The molecule has 0 aliphatic carbocycles. The van der Waals surface area contributed by atoms with E-state index in [-0.39, 0.29) is 24.4 Å². The van der Waals surface area contributed by atoms with E-state index in [1.807, 2.05) is 0 Å². The summed E-state index contributed by atoms with van der Waals surface area (Å²) in [6, 6.07) is 4.20. The molecule has 1 rings (SSSR count). The second kappa shape index (κ2) is 5.69. The van der Waals surface area contributed by atoms with Crippen molar-refractivity contribution in [3.05, 3.63) is 34.2 Å². The van der Waals surface area contributed by atoms with Crippen LogP contribution in [-0.2, 0) is 9.53 Å². The predicted molar refractivity (Wildman–Crippen MR) is 56.0 cm³/mol. The van der Waals surface area contributed by atoms with Crippen LogP contribution in [-0.4, -0.2) is 30.0 Å². The van der Waals surface area contributed by atoms with Gasteiger partial charge in [-0.1, -0.05) is 6.07 Å². The number of nitrogens with one attached hydrogen (secondary N) is 2. The number of rotatable bonds is 4. The van der Waals surface area contributed by atoms with E-state index in [0.29, 0.717) is 0 Å². The third kappa shape index (κ3) is 3.56. The molecule has 2 N–H and O–H groups in total. The van der Waals surface area contributed by atoms with Crippen molar-refractivity contribution < 1.29 is 14.3 Å². The lowest BCUT2D eigenvalue weighted by atomic mass is 10.3. The van der Waals surface area contributed by atoms with Crippen LogP contribution in [0.5, 0.6) is 0 Å². The van der Waals surface area contributed by atoms with Gasteiger partial charge >= 0.3 is 5.97 Å². The van der Waals surface area contributed by atoms with Crippen molar-refractivity contribution in [2.24, 2.45) is 0 Å². The smallest absolute Gasteiger partial charge is 0.325 e. The van der Waals surface area contributed by atoms with Crippen LogP contribution in [0.4, 0.5) is 0 Å². The van der Waals surface area contributed by atoms with Crippen molar-refractivity contribution in [3.63, 3.8) is 0 Å². The van der Waals surface area contributed by atoms with Crippen molar-refractivity contribution in [2.75, 3.05) is 13.2 Å². The molecule has 1 aromatic heterocycles. The zero-order valence-electron chi connectivity index (χ0n) is 8.78. The Morgan fingerprint density at radius 3 is 2.81 bits per heavy atom. The van der Waals surface area contributed by atoms with Crippen molar-refractivity contribution in [2.45, 2.75) is 6.92 Å². The minimum absolute atomic E-state index is 0.108. The number of hydrogen-bond acceptors (Lipinski definition) is 4. The van der Waals surface area contributed by atoms with Crippen LogP contribution in [0.15, 0.2) is 23.0 Å². The molecule has 1 heterocycles. The SMILES string of the molecule is CCOC(=O)CNC(=O)c1cccc(=O)[nH]1. The molecule has 0 aromatic carbocycles. The Hall–Kier alpha value is -2.11. The summed E-state index contributed by atoms with van der Waals surface area (Å²) >= 11 is 0. The number of hydrogen-bond donors (Lipinski definition) is 2. The number of ether oxygens (including phenoxy) is 1. The number of carbonyl (C=O) groups is 2. The van der Waals surface area contributed by atoms with Crippen molar-refractivity contribution in [3.8, 4) is 0 Å². The average molecular weight is 224 g/mol. The van der Waals surface area contributed by atoms with Crippen LogP contribution in [0.1, 0.15) is 17.4 Å². The minimum Gasteiger partial charge on any atom is -0.465 e. The molecule has 1 aromatic rings. The summed E-state index contributed by atoms with van der Waals surface area (Å²) in [5, 5.41) is 2.33. The topological polar surface area (TPSA) is 88.3 Å². The van der Waals surface area contributed by atoms with E-state index in [9.17, 15) is 14.4 Å². The molecule has 16 heavy (non-hydrogen) atoms. The van der Waals surface area contributed by atoms with Gasteiger partial charge in [0.1, 0.15) is 12.2 Å². The van der Waals surface area contributed by atoms with E-state index in [4.69, 9.17) is 0 Å². The molecular formula is C10H12N2O4. The van der Waals surface area contributed by atoms with Gasteiger partial charge < -0.3 is 15.0 Å². The summed E-state index contributed by atoms with van der Waals surface area (Å²) in [5.41, 5.74) is -0.263. The second-order valence-electron chi connectivity index (χ2n) is 2.92. The average Bonchev–Trinajstić information content (AvgIpc) is 2.26. The van der Waals surface area contributed by atoms with Crippen LogP contribution in [0, 0.1) is 0 Å². The van der Waals surface area contributed by atoms with Gasteiger partial charge in [-0.3, -0.25) is 14.4 Å². The molecule has 0 spiro atoms. The van der Waals surface area contributed by atoms with Crippen molar-refractivity contribution in [1.82, 2.24) is 10.3 Å². The molecular weight excluding hydrogens is 212 g/mol. The number of aromatic nitrogens is 1. The maximum Gasteiger partial charge on any atom is 0.325 e. The first-order chi connectivity index (χ1) is 7.63. The summed E-state index contributed by atoms with van der Waals surface area (Å²) < 4.78 is 4.63. The summed E-state index contributed by atoms with van der Waals surface area (Å²) in [7, 11) is 0. The normalized spacial score (nSPS) is 9.56. The fourth-order valence-electron chi connectivity index (χ4n) is 1.04. The maximum absolute atomic E-state index is 11.4. The Balaban J connectivity index is 2.53. The zero-order chi connectivity index (χ0) is 12.0. The monoisotopic (exact) mass is 224 g/mol. The van der Waals surface area contributed by atoms with Gasteiger partial charge in [0.25, 0.3) is 5.91 Å². The fourth-order valence-corrected chi connectivity index (χ4v) is 1.04. The molecule has 0 bridgehead atoms. The van der Waals surface area contributed by atoms with E-state index in [1.165, 1.54) is 18.2 Å². The highest BCUT2D eigenvalue weighted by Gasteiger charge is 2.08. The van der Waals surface area contributed by atoms with Crippen LogP contribution >= 0.6 is 0 Å². The number of carbonyl (C=O) groups excluding carboxylic acids is 2. The van der Waals surface area contributed by atoms with E-state index < -0.39 is 11.9 Å². The summed E-state index contributed by atoms with van der Waals surface area (Å²) in [4.78, 5) is 35.6. The lowest BCUT2D eigenvalue weighted by Gasteiger charge is -2.04. The summed E-state index contributed by atoms with van der Waals surface area (Å²) in [5.74, 6) is -1.04. The number of aromatic amines is 1. The Morgan fingerprint density at radius 1 is 1.44 bits per heavy atom. The fraction of sp³-hybridized carbons (Fsp3) is 0.300. The Bertz CT molecular complexity index is 438. The Kier molecular flexibility index (Phi) is 4.26. The molecule has 0 fully saturated rings. The number of amides is 1. The molecule has 0 aliphatic heterocycles. The van der Waals surface area contributed by atoms with Gasteiger partial charge in [0.2, 0.25) is 5.56 Å². The lowest BCUT2D eigenvalue weighted by Crippen LogP contribution is -2.32. The molecule has 6 nitrogen and oxygen atoms in total. The van der Waals surface area contributed by atoms with Gasteiger partial charge in [-0.25, -0.2) is 0 Å². The number of pyridine rings is 1. The summed E-state index contributed by atoms with van der Waals surface area (Å²) in [6.07, 6.45) is 0. The van der Waals surface area contributed by atoms with Crippen LogP contribution < -0.4 is 10.9 Å². The molecule has 0 saturated heterocycles. The molecule has 0 atom stereocenters. The molecule has 0 radical (unpaired) electrons. The molecule has 0 saturated carbocycles. The highest BCUT2D eigenvalue weighted by molar-refractivity contribution is 5.94. The van der Waals surface area contributed by atoms with Gasteiger partial charge in [0.05, 0.1) is 6.61 Å². The first-order valence-corrected chi connectivity index (χ1v) is 4.76. The maximum atomic E-state index is 11.4. The van der Waals surface area contributed by atoms with Crippen molar-refractivity contribution >= 4 is 11.9 Å². The first-order valence-electron chi connectivity index (χ1n) is 4.76. The largest absolute Gasteiger partial charge is 0.465 e. The minimum atomic E-state index is -0.522. The first kappa shape index (κ1) is 12.0. The van der Waals surface area contributed by atoms with Gasteiger partial charge in [-0.2, -0.15) is 0 Å². The van der Waals surface area contributed by atoms with Crippen molar-refractivity contribution in [1.29, 1.82) is 0 Å². The van der Waals surface area contributed by atoms with E-state index in [2.05, 4.69) is 15.0 Å². The zero-order valence-corrected chi connectivity index (χ0v) is 8.78. The van der Waals surface area contributed by atoms with Crippen LogP contribution in [0.2, 0.25) is 0 Å². The number of H-pyrrole nitrogens is 1. The third-order valence-corrected chi connectivity index (χ3v) is 1.71. The quantitative estimate of drug-likeness (QED) is 0.685. The standard InChI is InChI=1S/C10H12N2O4/c1-2-16-9(14)6-11-10(15)7-4-3-5-8(13)12-7/h3-5H,2,6H2,1H3,(H,11,15)(H,12,13). The highest BCUT2D eigenvalue weighted by atomic mass is 16.5. The number of esters is 1. The Morgan fingerprint density at radius 2 is 2.19 bits per heavy atom. The van der Waals surface area contributed by atoms with Gasteiger partial charge in [-0.05, 0) is 13.0 Å². The molecule has 86 valence electrons. The van der Waals surface area contributed by atoms with Gasteiger partial charge in [0.15, 0.2) is 0 Å². The van der Waals surface area contributed by atoms with Gasteiger partial charge in [-0.15, -0.1) is 0 Å². The Labute approximate surface area is 91.6 Å². The predicted octanol–water partition coefficient (Wildman–Crippen LogP) is -0.332. The molecule has 0 aliphatic rings. The highest BCUT2D eigenvalue weighted by Crippen LogP contribution is 1.89. The summed E-state index contributed by atoms with van der Waals surface area (Å²) in [6.45, 7) is 1.72. The molecule has 0 unspecified atom stereocenters. The van der Waals surface area contributed by atoms with E-state index >= 15 is 0 Å². The van der Waals surface area contributed by atoms with Crippen LogP contribution in [0.25, 0.3) is 0 Å². The van der Waals surface area contributed by atoms with Gasteiger partial charge in [0, 0.05) is 6.07 Å². The second-order valence-corrected chi connectivity index (χ2v) is 2.92. The third-order valence-electron chi connectivity index (χ3n) is 1.71. The van der Waals surface area contributed by atoms with Crippen LogP contribution in [0.3, 0.4) is 0 Å². The lowest BCUT2D eigenvalue weighted by molar-refractivity contribution is -0.141. The van der Waals surface area contributed by atoms with E-state index in [1.54, 1.807) is 6.92 Å². The molecule has 1 amide bonds. The van der Waals surface area contributed by atoms with E-state index in [0.717, 1.165) is 0 Å².